The van der Waals surface area contributed by atoms with Crippen LogP contribution in [0.5, 0.6) is 11.5 Å². The van der Waals surface area contributed by atoms with Crippen molar-refractivity contribution in [3.05, 3.63) is 48.2 Å². The Bertz CT molecular complexity index is 884. The number of nitrogens with one attached hydrogen (secondary N) is 1. The van der Waals surface area contributed by atoms with Crippen molar-refractivity contribution in [1.29, 1.82) is 0 Å². The van der Waals surface area contributed by atoms with Crippen molar-refractivity contribution in [2.45, 2.75) is 6.36 Å². The van der Waals surface area contributed by atoms with E-state index in [9.17, 15) is 23.1 Å². The third kappa shape index (κ3) is 2.85. The predicted octanol–water partition coefficient (Wildman–Crippen LogP) is 4.25. The van der Waals surface area contributed by atoms with Crippen LogP contribution in [-0.2, 0) is 0 Å². The first-order chi connectivity index (χ1) is 10.9. The van der Waals surface area contributed by atoms with Gasteiger partial charge in [-0.3, -0.25) is 4.79 Å². The van der Waals surface area contributed by atoms with Crippen LogP contribution in [0.25, 0.3) is 22.0 Å². The molecule has 0 aliphatic carbocycles. The lowest BCUT2D eigenvalue weighted by Crippen LogP contribution is -2.17. The average molecular weight is 321 g/mol. The lowest BCUT2D eigenvalue weighted by Gasteiger charge is -2.11. The monoisotopic (exact) mass is 321 g/mol. The molecule has 0 aliphatic heterocycles. The molecule has 1 heterocycles. The fourth-order valence-electron chi connectivity index (χ4n) is 2.42. The SMILES string of the molecule is O=Cc1c[nH]c2ccc(-c3cccc(OC(F)(F)F)c3)c(O)c12. The first-order valence-electron chi connectivity index (χ1n) is 6.53. The van der Waals surface area contributed by atoms with E-state index in [0.29, 0.717) is 28.3 Å². The summed E-state index contributed by atoms with van der Waals surface area (Å²) in [6.07, 6.45) is -2.76. The molecule has 0 fully saturated rings. The Morgan fingerprint density at radius 2 is 1.96 bits per heavy atom. The van der Waals surface area contributed by atoms with Gasteiger partial charge in [-0.15, -0.1) is 13.2 Å². The molecule has 2 N–H and O–H groups in total. The summed E-state index contributed by atoms with van der Waals surface area (Å²) in [5.41, 5.74) is 1.45. The second-order valence-corrected chi connectivity index (χ2v) is 4.82. The zero-order valence-electron chi connectivity index (χ0n) is 11.5. The number of carbonyl (C=O) groups excluding carboxylic acids is 1. The van der Waals surface area contributed by atoms with E-state index in [-0.39, 0.29) is 17.1 Å². The summed E-state index contributed by atoms with van der Waals surface area (Å²) < 4.78 is 40.8. The molecule has 3 aromatic rings. The average Bonchev–Trinajstić information content (AvgIpc) is 2.90. The standard InChI is InChI=1S/C16H10F3NO3/c17-16(18,19)23-11-3-1-2-9(6-11)12-4-5-13-14(15(12)22)10(8-21)7-20-13/h1-8,20,22H. The zero-order chi connectivity index (χ0) is 16.6. The van der Waals surface area contributed by atoms with Crippen molar-refractivity contribution < 1.29 is 27.8 Å². The first-order valence-corrected chi connectivity index (χ1v) is 6.53. The Balaban J connectivity index is 2.12. The summed E-state index contributed by atoms with van der Waals surface area (Å²) in [7, 11) is 0. The number of aromatic nitrogens is 1. The number of aromatic amines is 1. The van der Waals surface area contributed by atoms with Crippen molar-refractivity contribution in [1.82, 2.24) is 4.98 Å². The maximum Gasteiger partial charge on any atom is 0.573 e. The van der Waals surface area contributed by atoms with E-state index >= 15 is 0 Å². The Hall–Kier alpha value is -2.96. The molecule has 7 heteroatoms. The van der Waals surface area contributed by atoms with Gasteiger partial charge in [0, 0.05) is 22.8 Å². The van der Waals surface area contributed by atoms with E-state index in [1.165, 1.54) is 30.5 Å². The highest BCUT2D eigenvalue weighted by atomic mass is 19.4. The van der Waals surface area contributed by atoms with Crippen LogP contribution < -0.4 is 4.74 Å². The number of hydrogen-bond donors (Lipinski definition) is 2. The minimum atomic E-state index is -4.80. The van der Waals surface area contributed by atoms with Gasteiger partial charge in [0.05, 0.1) is 5.39 Å². The summed E-state index contributed by atoms with van der Waals surface area (Å²) in [5, 5.41) is 10.7. The molecule has 0 bridgehead atoms. The normalized spacial score (nSPS) is 11.6. The lowest BCUT2D eigenvalue weighted by molar-refractivity contribution is -0.274. The van der Waals surface area contributed by atoms with Crippen LogP contribution in [0.15, 0.2) is 42.6 Å². The molecule has 2 aromatic carbocycles. The quantitative estimate of drug-likeness (QED) is 0.709. The van der Waals surface area contributed by atoms with Crippen LogP contribution in [-0.4, -0.2) is 22.7 Å². The van der Waals surface area contributed by atoms with Gasteiger partial charge in [-0.25, -0.2) is 0 Å². The van der Waals surface area contributed by atoms with Crippen LogP contribution in [0, 0.1) is 0 Å². The first kappa shape index (κ1) is 15.0. The Morgan fingerprint density at radius 3 is 2.65 bits per heavy atom. The maximum absolute atomic E-state index is 12.3. The number of aldehydes is 1. The molecule has 118 valence electrons. The number of aromatic hydroxyl groups is 1. The number of hydrogen-bond acceptors (Lipinski definition) is 3. The number of carbonyl (C=O) groups is 1. The predicted molar refractivity (Wildman–Crippen MR) is 77.5 cm³/mol. The van der Waals surface area contributed by atoms with E-state index in [0.717, 1.165) is 0 Å². The minimum absolute atomic E-state index is 0.185. The smallest absolute Gasteiger partial charge is 0.507 e. The van der Waals surface area contributed by atoms with Crippen LogP contribution in [0.3, 0.4) is 0 Å². The van der Waals surface area contributed by atoms with Gasteiger partial charge < -0.3 is 14.8 Å². The molecule has 4 nitrogen and oxygen atoms in total. The van der Waals surface area contributed by atoms with E-state index in [1.807, 2.05) is 0 Å². The molecular weight excluding hydrogens is 311 g/mol. The number of benzene rings is 2. The van der Waals surface area contributed by atoms with Gasteiger partial charge in [0.25, 0.3) is 0 Å². The lowest BCUT2D eigenvalue weighted by atomic mass is 10.0. The highest BCUT2D eigenvalue weighted by Gasteiger charge is 2.31. The fourth-order valence-corrected chi connectivity index (χ4v) is 2.42. The summed E-state index contributed by atoms with van der Waals surface area (Å²) in [6, 6.07) is 8.45. The van der Waals surface area contributed by atoms with Gasteiger partial charge in [-0.1, -0.05) is 12.1 Å². The maximum atomic E-state index is 12.3. The number of phenolic OH excluding ortho intramolecular Hbond substituents is 1. The van der Waals surface area contributed by atoms with Crippen molar-refractivity contribution in [2.24, 2.45) is 0 Å². The molecule has 0 unspecified atom stereocenters. The van der Waals surface area contributed by atoms with Crippen LogP contribution in [0.2, 0.25) is 0 Å². The van der Waals surface area contributed by atoms with E-state index < -0.39 is 6.36 Å². The van der Waals surface area contributed by atoms with Gasteiger partial charge >= 0.3 is 6.36 Å². The fraction of sp³-hybridized carbons (Fsp3) is 0.0625. The van der Waals surface area contributed by atoms with Crippen LogP contribution in [0.1, 0.15) is 10.4 Å². The summed E-state index contributed by atoms with van der Waals surface area (Å²) in [6.45, 7) is 0. The van der Waals surface area contributed by atoms with Gasteiger partial charge in [-0.05, 0) is 29.8 Å². The van der Waals surface area contributed by atoms with E-state index in [4.69, 9.17) is 0 Å². The van der Waals surface area contributed by atoms with Gasteiger partial charge in [0.15, 0.2) is 6.29 Å². The Kier molecular flexibility index (Phi) is 3.48. The van der Waals surface area contributed by atoms with Crippen LogP contribution >= 0.6 is 0 Å². The Morgan fingerprint density at radius 1 is 1.17 bits per heavy atom. The molecule has 0 saturated heterocycles. The molecule has 0 aliphatic rings. The molecular formula is C16H10F3NO3. The summed E-state index contributed by atoms with van der Waals surface area (Å²) in [5.74, 6) is -0.575. The van der Waals surface area contributed by atoms with E-state index in [1.54, 1.807) is 12.1 Å². The largest absolute Gasteiger partial charge is 0.573 e. The third-order valence-corrected chi connectivity index (χ3v) is 3.36. The molecule has 0 atom stereocenters. The molecule has 3 rings (SSSR count). The topological polar surface area (TPSA) is 62.3 Å². The van der Waals surface area contributed by atoms with Crippen LogP contribution in [0.4, 0.5) is 13.2 Å². The number of H-pyrrole nitrogens is 1. The minimum Gasteiger partial charge on any atom is -0.507 e. The number of rotatable bonds is 3. The third-order valence-electron chi connectivity index (χ3n) is 3.36. The van der Waals surface area contributed by atoms with Crippen molar-refractivity contribution in [2.75, 3.05) is 0 Å². The van der Waals surface area contributed by atoms with Crippen molar-refractivity contribution >= 4 is 17.2 Å². The van der Waals surface area contributed by atoms with Gasteiger partial charge in [0.2, 0.25) is 0 Å². The molecule has 0 saturated carbocycles. The second-order valence-electron chi connectivity index (χ2n) is 4.82. The number of ether oxygens (including phenoxy) is 1. The zero-order valence-corrected chi connectivity index (χ0v) is 11.5. The molecule has 0 radical (unpaired) electrons. The molecule has 23 heavy (non-hydrogen) atoms. The molecule has 0 amide bonds. The van der Waals surface area contributed by atoms with E-state index in [2.05, 4.69) is 9.72 Å². The summed E-state index contributed by atoms with van der Waals surface area (Å²) >= 11 is 0. The van der Waals surface area contributed by atoms with Crippen molar-refractivity contribution in [3.8, 4) is 22.6 Å². The molecule has 0 spiro atoms. The number of fused-ring (bicyclic) bond motifs is 1. The van der Waals surface area contributed by atoms with Gasteiger partial charge in [0.1, 0.15) is 11.5 Å². The number of phenols is 1. The highest BCUT2D eigenvalue weighted by Crippen LogP contribution is 2.38. The van der Waals surface area contributed by atoms with Gasteiger partial charge in [-0.2, -0.15) is 0 Å². The number of halogens is 3. The number of alkyl halides is 3. The summed E-state index contributed by atoms with van der Waals surface area (Å²) in [4.78, 5) is 13.9. The second kappa shape index (κ2) is 5.35. The van der Waals surface area contributed by atoms with Crippen molar-refractivity contribution in [3.63, 3.8) is 0 Å². The highest BCUT2D eigenvalue weighted by molar-refractivity contribution is 6.04. The molecule has 1 aromatic heterocycles. The Labute approximate surface area is 128 Å².